The maximum atomic E-state index is 13.4. The highest BCUT2D eigenvalue weighted by Crippen LogP contribution is 2.29. The van der Waals surface area contributed by atoms with Crippen molar-refractivity contribution in [3.8, 4) is 5.75 Å². The lowest BCUT2D eigenvalue weighted by atomic mass is 10.2. The minimum absolute atomic E-state index is 0.00688. The Balaban J connectivity index is 2.03. The van der Waals surface area contributed by atoms with Crippen molar-refractivity contribution in [2.45, 2.75) is 11.8 Å². The van der Waals surface area contributed by atoms with Gasteiger partial charge in [0.15, 0.2) is 0 Å². The number of benzene rings is 2. The second kappa shape index (κ2) is 7.27. The van der Waals surface area contributed by atoms with E-state index in [1.165, 1.54) is 12.1 Å². The summed E-state index contributed by atoms with van der Waals surface area (Å²) in [4.78, 5) is 4.24. The SMILES string of the molecule is Cc1cnc2c(S(=O)(=O)Nc3ccc(F)cc3OCCO)cccc2c1. The molecule has 3 rings (SSSR count). The van der Waals surface area contributed by atoms with E-state index in [1.54, 1.807) is 18.3 Å². The van der Waals surface area contributed by atoms with Gasteiger partial charge in [0.1, 0.15) is 23.1 Å². The van der Waals surface area contributed by atoms with Crippen molar-refractivity contribution in [1.82, 2.24) is 4.98 Å². The molecule has 2 aromatic carbocycles. The summed E-state index contributed by atoms with van der Waals surface area (Å²) in [5.41, 5.74) is 1.33. The number of fused-ring (bicyclic) bond motifs is 1. The largest absolute Gasteiger partial charge is 0.489 e. The second-order valence-electron chi connectivity index (χ2n) is 5.66. The van der Waals surface area contributed by atoms with Gasteiger partial charge in [-0.05, 0) is 36.8 Å². The van der Waals surface area contributed by atoms with Gasteiger partial charge in [-0.1, -0.05) is 12.1 Å². The summed E-state index contributed by atoms with van der Waals surface area (Å²) >= 11 is 0. The van der Waals surface area contributed by atoms with Crippen LogP contribution >= 0.6 is 0 Å². The number of aliphatic hydroxyl groups excluding tert-OH is 1. The minimum atomic E-state index is -3.99. The van der Waals surface area contributed by atoms with Crippen LogP contribution in [-0.4, -0.2) is 31.7 Å². The first-order valence-electron chi connectivity index (χ1n) is 7.82. The van der Waals surface area contributed by atoms with Crippen molar-refractivity contribution >= 4 is 26.6 Å². The van der Waals surface area contributed by atoms with Crippen molar-refractivity contribution in [2.24, 2.45) is 0 Å². The second-order valence-corrected chi connectivity index (χ2v) is 7.31. The Morgan fingerprint density at radius 3 is 2.81 bits per heavy atom. The summed E-state index contributed by atoms with van der Waals surface area (Å²) in [6.45, 7) is 1.50. The summed E-state index contributed by atoms with van der Waals surface area (Å²) in [5, 5.41) is 9.57. The number of rotatable bonds is 6. The average Bonchev–Trinajstić information content (AvgIpc) is 2.61. The van der Waals surface area contributed by atoms with Crippen LogP contribution in [0.5, 0.6) is 5.75 Å². The fraction of sp³-hybridized carbons (Fsp3) is 0.167. The average molecular weight is 376 g/mol. The first kappa shape index (κ1) is 18.1. The van der Waals surface area contributed by atoms with Crippen molar-refractivity contribution < 1.29 is 22.7 Å². The zero-order valence-corrected chi connectivity index (χ0v) is 14.8. The Hall–Kier alpha value is -2.71. The molecule has 0 spiro atoms. The lowest BCUT2D eigenvalue weighted by Crippen LogP contribution is -2.15. The van der Waals surface area contributed by atoms with E-state index in [9.17, 15) is 12.8 Å². The summed E-state index contributed by atoms with van der Waals surface area (Å²) in [7, 11) is -3.99. The van der Waals surface area contributed by atoms with Gasteiger partial charge in [-0.3, -0.25) is 9.71 Å². The number of aliphatic hydroxyl groups is 1. The van der Waals surface area contributed by atoms with E-state index in [4.69, 9.17) is 9.84 Å². The molecule has 0 aliphatic rings. The fourth-order valence-corrected chi connectivity index (χ4v) is 3.77. The predicted octanol–water partition coefficient (Wildman–Crippen LogP) is 2.85. The van der Waals surface area contributed by atoms with E-state index in [0.717, 1.165) is 17.7 Å². The molecule has 0 bridgehead atoms. The smallest absolute Gasteiger partial charge is 0.264 e. The molecular formula is C18H17FN2O4S. The number of ether oxygens (including phenoxy) is 1. The van der Waals surface area contributed by atoms with Crippen LogP contribution in [0.3, 0.4) is 0 Å². The number of aryl methyl sites for hydroxylation is 1. The zero-order chi connectivity index (χ0) is 18.7. The van der Waals surface area contributed by atoms with Crippen LogP contribution in [0.4, 0.5) is 10.1 Å². The Labute approximate surface area is 150 Å². The van der Waals surface area contributed by atoms with Crippen LogP contribution in [-0.2, 0) is 10.0 Å². The van der Waals surface area contributed by atoms with Crippen LogP contribution in [0.15, 0.2) is 53.6 Å². The Morgan fingerprint density at radius 1 is 1.23 bits per heavy atom. The molecule has 26 heavy (non-hydrogen) atoms. The highest BCUT2D eigenvalue weighted by atomic mass is 32.2. The molecule has 6 nitrogen and oxygen atoms in total. The van der Waals surface area contributed by atoms with Gasteiger partial charge < -0.3 is 9.84 Å². The topological polar surface area (TPSA) is 88.5 Å². The molecule has 136 valence electrons. The third kappa shape index (κ3) is 3.76. The van der Waals surface area contributed by atoms with Crippen molar-refractivity contribution in [3.05, 3.63) is 60.0 Å². The van der Waals surface area contributed by atoms with Gasteiger partial charge in [0, 0.05) is 17.6 Å². The van der Waals surface area contributed by atoms with Gasteiger partial charge in [0.25, 0.3) is 10.0 Å². The molecule has 1 heterocycles. The standard InChI is InChI=1S/C18H17FN2O4S/c1-12-9-13-3-2-4-17(18(13)20-11-12)26(23,24)21-15-6-5-14(19)10-16(15)25-8-7-22/h2-6,9-11,21-22H,7-8H2,1H3. The van der Waals surface area contributed by atoms with Crippen LogP contribution in [0.25, 0.3) is 10.9 Å². The first-order chi connectivity index (χ1) is 12.4. The summed E-state index contributed by atoms with van der Waals surface area (Å²) in [6.07, 6.45) is 1.59. The van der Waals surface area contributed by atoms with Gasteiger partial charge in [-0.25, -0.2) is 12.8 Å². The number of aromatic nitrogens is 1. The first-order valence-corrected chi connectivity index (χ1v) is 9.30. The summed E-state index contributed by atoms with van der Waals surface area (Å²) < 4.78 is 46.8. The highest BCUT2D eigenvalue weighted by Gasteiger charge is 2.20. The Bertz CT molecular complexity index is 1050. The maximum Gasteiger partial charge on any atom is 0.264 e. The fourth-order valence-electron chi connectivity index (χ4n) is 2.51. The number of sulfonamides is 1. The van der Waals surface area contributed by atoms with Crippen LogP contribution < -0.4 is 9.46 Å². The number of hydrogen-bond acceptors (Lipinski definition) is 5. The normalized spacial score (nSPS) is 11.5. The zero-order valence-electron chi connectivity index (χ0n) is 13.9. The molecule has 1 aromatic heterocycles. The third-order valence-electron chi connectivity index (χ3n) is 3.64. The van der Waals surface area contributed by atoms with Crippen molar-refractivity contribution in [3.63, 3.8) is 0 Å². The number of nitrogens with zero attached hydrogens (tertiary/aromatic N) is 1. The molecule has 3 aromatic rings. The molecule has 0 saturated heterocycles. The van der Waals surface area contributed by atoms with E-state index < -0.39 is 15.8 Å². The van der Waals surface area contributed by atoms with Gasteiger partial charge in [-0.2, -0.15) is 0 Å². The van der Waals surface area contributed by atoms with Gasteiger partial charge in [0.05, 0.1) is 17.8 Å². The molecule has 8 heteroatoms. The van der Waals surface area contributed by atoms with E-state index in [1.807, 2.05) is 13.0 Å². The molecule has 0 aliphatic carbocycles. The number of anilines is 1. The molecule has 0 radical (unpaired) electrons. The molecule has 0 amide bonds. The minimum Gasteiger partial charge on any atom is -0.489 e. The lowest BCUT2D eigenvalue weighted by Gasteiger charge is -2.14. The number of hydrogen-bond donors (Lipinski definition) is 2. The number of halogens is 1. The predicted molar refractivity (Wildman–Crippen MR) is 96.3 cm³/mol. The lowest BCUT2D eigenvalue weighted by molar-refractivity contribution is 0.201. The molecule has 0 aliphatic heterocycles. The van der Waals surface area contributed by atoms with Gasteiger partial charge in [0.2, 0.25) is 0 Å². The quantitative estimate of drug-likeness (QED) is 0.691. The Morgan fingerprint density at radius 2 is 2.04 bits per heavy atom. The van der Waals surface area contributed by atoms with Crippen molar-refractivity contribution in [2.75, 3.05) is 17.9 Å². The van der Waals surface area contributed by atoms with Crippen molar-refractivity contribution in [1.29, 1.82) is 0 Å². The summed E-state index contributed by atoms with van der Waals surface area (Å²) in [6, 6.07) is 10.1. The number of nitrogens with one attached hydrogen (secondary N) is 1. The number of para-hydroxylation sites is 1. The van der Waals surface area contributed by atoms with Crippen LogP contribution in [0.2, 0.25) is 0 Å². The third-order valence-corrected chi connectivity index (χ3v) is 5.03. The molecule has 0 unspecified atom stereocenters. The Kier molecular flexibility index (Phi) is 5.06. The van der Waals surface area contributed by atoms with Crippen LogP contribution in [0.1, 0.15) is 5.56 Å². The monoisotopic (exact) mass is 376 g/mol. The van der Waals surface area contributed by atoms with Gasteiger partial charge >= 0.3 is 0 Å². The number of pyridine rings is 1. The van der Waals surface area contributed by atoms with Crippen LogP contribution in [0, 0.1) is 12.7 Å². The van der Waals surface area contributed by atoms with Gasteiger partial charge in [-0.15, -0.1) is 0 Å². The highest BCUT2D eigenvalue weighted by molar-refractivity contribution is 7.93. The molecular weight excluding hydrogens is 359 g/mol. The molecule has 2 N–H and O–H groups in total. The van der Waals surface area contributed by atoms with E-state index in [-0.39, 0.29) is 29.5 Å². The molecule has 0 atom stereocenters. The van der Waals surface area contributed by atoms with E-state index in [2.05, 4.69) is 9.71 Å². The molecule has 0 fully saturated rings. The maximum absolute atomic E-state index is 13.4. The summed E-state index contributed by atoms with van der Waals surface area (Å²) in [5.74, 6) is -0.588. The van der Waals surface area contributed by atoms with E-state index in [0.29, 0.717) is 10.9 Å². The molecule has 0 saturated carbocycles. The van der Waals surface area contributed by atoms with E-state index >= 15 is 0 Å².